The van der Waals surface area contributed by atoms with E-state index in [1.54, 1.807) is 25.5 Å². The van der Waals surface area contributed by atoms with Gasteiger partial charge in [-0.3, -0.25) is 4.79 Å². The molecule has 1 saturated heterocycles. The molecule has 0 bridgehead atoms. The molecule has 0 saturated carbocycles. The summed E-state index contributed by atoms with van der Waals surface area (Å²) in [5.74, 6) is -0.00320. The summed E-state index contributed by atoms with van der Waals surface area (Å²) in [5.41, 5.74) is 0.550. The van der Waals surface area contributed by atoms with E-state index in [1.807, 2.05) is 4.90 Å². The second-order valence-electron chi connectivity index (χ2n) is 5.14. The Labute approximate surface area is 131 Å². The van der Waals surface area contributed by atoms with Crippen molar-refractivity contribution >= 4 is 17.4 Å². The monoisotopic (exact) mass is 323 g/mol. The standard InChI is InChI=1S/C15H15ClFN3O2/c1-19-5-4-18-14(15(19)21)20-6-7-22-13(9-20)11-3-2-10(17)8-12(11)16/h2-5,8,13H,6-7,9H2,1H3. The molecule has 2 aromatic rings. The minimum Gasteiger partial charge on any atom is -0.370 e. The van der Waals surface area contributed by atoms with Crippen molar-refractivity contribution in [2.24, 2.45) is 7.05 Å². The fraction of sp³-hybridized carbons (Fsp3) is 0.333. The lowest BCUT2D eigenvalue weighted by atomic mass is 10.1. The van der Waals surface area contributed by atoms with Crippen LogP contribution in [0, 0.1) is 5.82 Å². The molecule has 5 nitrogen and oxygen atoms in total. The molecular weight excluding hydrogens is 309 g/mol. The first-order chi connectivity index (χ1) is 10.6. The lowest BCUT2D eigenvalue weighted by Gasteiger charge is -2.33. The number of nitrogens with zero attached hydrogens (tertiary/aromatic N) is 3. The van der Waals surface area contributed by atoms with Crippen LogP contribution in [0.1, 0.15) is 11.7 Å². The highest BCUT2D eigenvalue weighted by molar-refractivity contribution is 6.31. The van der Waals surface area contributed by atoms with Gasteiger partial charge in [0.25, 0.3) is 5.56 Å². The van der Waals surface area contributed by atoms with Crippen LogP contribution < -0.4 is 10.5 Å². The molecule has 1 unspecified atom stereocenters. The van der Waals surface area contributed by atoms with Gasteiger partial charge in [-0.15, -0.1) is 0 Å². The SMILES string of the molecule is Cn1ccnc(N2CCOC(c3ccc(F)cc3Cl)C2)c1=O. The van der Waals surface area contributed by atoms with Crippen LogP contribution in [0.3, 0.4) is 0 Å². The Balaban J connectivity index is 1.88. The molecule has 1 aromatic heterocycles. The number of benzene rings is 1. The summed E-state index contributed by atoms with van der Waals surface area (Å²) < 4.78 is 20.4. The highest BCUT2D eigenvalue weighted by atomic mass is 35.5. The third-order valence-corrected chi connectivity index (χ3v) is 4.00. The Morgan fingerprint density at radius 3 is 3.05 bits per heavy atom. The van der Waals surface area contributed by atoms with E-state index < -0.39 is 0 Å². The molecule has 1 fully saturated rings. The van der Waals surface area contributed by atoms with Gasteiger partial charge in [-0.1, -0.05) is 17.7 Å². The Morgan fingerprint density at radius 2 is 2.27 bits per heavy atom. The zero-order chi connectivity index (χ0) is 15.7. The van der Waals surface area contributed by atoms with Gasteiger partial charge in [0, 0.05) is 36.6 Å². The zero-order valence-electron chi connectivity index (χ0n) is 12.0. The van der Waals surface area contributed by atoms with Crippen LogP contribution in [0.25, 0.3) is 0 Å². The molecule has 0 aliphatic carbocycles. The van der Waals surface area contributed by atoms with Gasteiger partial charge in [-0.2, -0.15) is 0 Å². The number of aromatic nitrogens is 2. The van der Waals surface area contributed by atoms with Crippen molar-refractivity contribution in [3.05, 3.63) is 57.3 Å². The number of ether oxygens (including phenoxy) is 1. The third kappa shape index (κ3) is 2.84. The van der Waals surface area contributed by atoms with Crippen LogP contribution in [0.2, 0.25) is 5.02 Å². The minimum absolute atomic E-state index is 0.159. The summed E-state index contributed by atoms with van der Waals surface area (Å²) in [7, 11) is 1.68. The quantitative estimate of drug-likeness (QED) is 0.849. The number of rotatable bonds is 2. The molecule has 0 radical (unpaired) electrons. The van der Waals surface area contributed by atoms with Crippen molar-refractivity contribution < 1.29 is 9.13 Å². The molecule has 2 heterocycles. The summed E-state index contributed by atoms with van der Waals surface area (Å²) in [4.78, 5) is 18.2. The van der Waals surface area contributed by atoms with Gasteiger partial charge in [0.15, 0.2) is 5.82 Å². The van der Waals surface area contributed by atoms with Gasteiger partial charge in [0.05, 0.1) is 13.2 Å². The van der Waals surface area contributed by atoms with Crippen molar-refractivity contribution in [2.45, 2.75) is 6.10 Å². The Bertz CT molecular complexity index is 750. The van der Waals surface area contributed by atoms with Crippen molar-refractivity contribution in [3.63, 3.8) is 0 Å². The lowest BCUT2D eigenvalue weighted by Crippen LogP contribution is -2.42. The van der Waals surface area contributed by atoms with Crippen molar-refractivity contribution in [3.8, 4) is 0 Å². The molecule has 1 aliphatic rings. The van der Waals surface area contributed by atoms with Gasteiger partial charge in [-0.25, -0.2) is 9.37 Å². The topological polar surface area (TPSA) is 47.4 Å². The number of hydrogen-bond acceptors (Lipinski definition) is 4. The molecule has 1 aliphatic heterocycles. The van der Waals surface area contributed by atoms with Crippen molar-refractivity contribution in [1.29, 1.82) is 0 Å². The predicted octanol–water partition coefficient (Wildman–Crippen LogP) is 2.15. The highest BCUT2D eigenvalue weighted by Crippen LogP contribution is 2.29. The van der Waals surface area contributed by atoms with Gasteiger partial charge in [0.2, 0.25) is 0 Å². The van der Waals surface area contributed by atoms with E-state index in [-0.39, 0.29) is 17.5 Å². The number of aryl methyl sites for hydroxylation is 1. The molecule has 0 spiro atoms. The Kier molecular flexibility index (Phi) is 4.13. The molecule has 7 heteroatoms. The van der Waals surface area contributed by atoms with Crippen LogP contribution in [0.5, 0.6) is 0 Å². The van der Waals surface area contributed by atoms with Crippen LogP contribution in [-0.4, -0.2) is 29.2 Å². The summed E-state index contributed by atoms with van der Waals surface area (Å²) in [6, 6.07) is 4.23. The zero-order valence-corrected chi connectivity index (χ0v) is 12.8. The highest BCUT2D eigenvalue weighted by Gasteiger charge is 2.26. The summed E-state index contributed by atoms with van der Waals surface area (Å²) in [6.07, 6.45) is 2.88. The average Bonchev–Trinajstić information content (AvgIpc) is 2.50. The minimum atomic E-state index is -0.389. The number of hydrogen-bond donors (Lipinski definition) is 0. The summed E-state index contributed by atoms with van der Waals surface area (Å²) in [6.45, 7) is 1.46. The lowest BCUT2D eigenvalue weighted by molar-refractivity contribution is 0.0394. The van der Waals surface area contributed by atoms with Crippen molar-refractivity contribution in [2.75, 3.05) is 24.6 Å². The number of morpholine rings is 1. The van der Waals surface area contributed by atoms with Gasteiger partial charge < -0.3 is 14.2 Å². The number of halogens is 2. The van der Waals surface area contributed by atoms with E-state index in [4.69, 9.17) is 16.3 Å². The molecule has 1 atom stereocenters. The van der Waals surface area contributed by atoms with E-state index in [2.05, 4.69) is 4.98 Å². The average molecular weight is 324 g/mol. The molecule has 22 heavy (non-hydrogen) atoms. The van der Waals surface area contributed by atoms with Gasteiger partial charge in [0.1, 0.15) is 11.9 Å². The van der Waals surface area contributed by atoms with E-state index in [0.29, 0.717) is 36.1 Å². The van der Waals surface area contributed by atoms with E-state index >= 15 is 0 Å². The van der Waals surface area contributed by atoms with Crippen LogP contribution in [-0.2, 0) is 11.8 Å². The normalized spacial score (nSPS) is 18.5. The largest absolute Gasteiger partial charge is 0.370 e. The second kappa shape index (κ2) is 6.06. The Hall–Kier alpha value is -1.92. The van der Waals surface area contributed by atoms with E-state index in [9.17, 15) is 9.18 Å². The Morgan fingerprint density at radius 1 is 1.45 bits per heavy atom. The first-order valence-electron chi connectivity index (χ1n) is 6.89. The first kappa shape index (κ1) is 15.0. The molecule has 3 rings (SSSR count). The molecule has 1 aromatic carbocycles. The predicted molar refractivity (Wildman–Crippen MR) is 81.8 cm³/mol. The van der Waals surface area contributed by atoms with Crippen LogP contribution in [0.15, 0.2) is 35.4 Å². The maximum absolute atomic E-state index is 13.2. The molecule has 116 valence electrons. The first-order valence-corrected chi connectivity index (χ1v) is 7.27. The fourth-order valence-corrected chi connectivity index (χ4v) is 2.78. The van der Waals surface area contributed by atoms with Crippen LogP contribution >= 0.6 is 11.6 Å². The molecular formula is C15H15ClFN3O2. The molecule has 0 amide bonds. The van der Waals surface area contributed by atoms with Crippen molar-refractivity contribution in [1.82, 2.24) is 9.55 Å². The van der Waals surface area contributed by atoms with E-state index in [1.165, 1.54) is 16.7 Å². The maximum atomic E-state index is 13.2. The third-order valence-electron chi connectivity index (χ3n) is 3.67. The number of anilines is 1. The molecule has 0 N–H and O–H groups in total. The van der Waals surface area contributed by atoms with E-state index in [0.717, 1.165) is 0 Å². The van der Waals surface area contributed by atoms with Gasteiger partial charge in [-0.05, 0) is 12.1 Å². The fourth-order valence-electron chi connectivity index (χ4n) is 2.49. The van der Waals surface area contributed by atoms with Crippen LogP contribution in [0.4, 0.5) is 10.2 Å². The summed E-state index contributed by atoms with van der Waals surface area (Å²) >= 11 is 6.09. The smallest absolute Gasteiger partial charge is 0.293 e. The van der Waals surface area contributed by atoms with Gasteiger partial charge >= 0.3 is 0 Å². The summed E-state index contributed by atoms with van der Waals surface area (Å²) in [5, 5.41) is 0.320. The second-order valence-corrected chi connectivity index (χ2v) is 5.55. The maximum Gasteiger partial charge on any atom is 0.293 e.